The van der Waals surface area contributed by atoms with Gasteiger partial charge in [0.1, 0.15) is 5.82 Å². The highest BCUT2D eigenvalue weighted by atomic mass is 32.2. The third-order valence-electron chi connectivity index (χ3n) is 2.89. The zero-order chi connectivity index (χ0) is 12.5. The summed E-state index contributed by atoms with van der Waals surface area (Å²) in [6.45, 7) is 2.86. The van der Waals surface area contributed by atoms with Gasteiger partial charge in [-0.3, -0.25) is 4.72 Å². The van der Waals surface area contributed by atoms with Crippen LogP contribution in [0.4, 0.5) is 10.1 Å². The van der Waals surface area contributed by atoms with E-state index in [2.05, 4.69) is 10.0 Å². The summed E-state index contributed by atoms with van der Waals surface area (Å²) in [5.74, 6) is -0.368. The number of anilines is 1. The predicted octanol–water partition coefficient (Wildman–Crippen LogP) is 1.24. The molecule has 94 valence electrons. The first-order valence-corrected chi connectivity index (χ1v) is 7.02. The maximum atomic E-state index is 12.9. The molecule has 1 atom stereocenters. The zero-order valence-corrected chi connectivity index (χ0v) is 10.3. The van der Waals surface area contributed by atoms with Gasteiger partial charge in [0, 0.05) is 6.54 Å². The van der Waals surface area contributed by atoms with E-state index in [-0.39, 0.29) is 5.82 Å². The average Bonchev–Trinajstić information content (AvgIpc) is 2.76. The fourth-order valence-electron chi connectivity index (χ4n) is 1.87. The molecule has 1 unspecified atom stereocenters. The van der Waals surface area contributed by atoms with Gasteiger partial charge in [0.2, 0.25) is 10.0 Å². The Morgan fingerprint density at radius 3 is 2.82 bits per heavy atom. The molecule has 1 fully saturated rings. The number of rotatable bonds is 3. The lowest BCUT2D eigenvalue weighted by Gasteiger charge is -2.14. The van der Waals surface area contributed by atoms with Crippen LogP contribution in [0.1, 0.15) is 12.0 Å². The normalized spacial score (nSPS) is 20.5. The van der Waals surface area contributed by atoms with E-state index < -0.39 is 15.3 Å². The highest BCUT2D eigenvalue weighted by Gasteiger charge is 2.28. The van der Waals surface area contributed by atoms with E-state index in [4.69, 9.17) is 0 Å². The second kappa shape index (κ2) is 4.62. The lowest BCUT2D eigenvalue weighted by Crippen LogP contribution is -2.29. The Labute approximate surface area is 100 Å². The quantitative estimate of drug-likeness (QED) is 0.857. The molecule has 0 saturated carbocycles. The second-order valence-electron chi connectivity index (χ2n) is 4.22. The zero-order valence-electron chi connectivity index (χ0n) is 9.53. The summed E-state index contributed by atoms with van der Waals surface area (Å²) in [6, 6.07) is 4.01. The number of sulfonamides is 1. The molecule has 0 spiro atoms. The minimum absolute atomic E-state index is 0.368. The second-order valence-corrected chi connectivity index (χ2v) is 6.18. The minimum atomic E-state index is -3.38. The van der Waals surface area contributed by atoms with Crippen molar-refractivity contribution in [3.63, 3.8) is 0 Å². The SMILES string of the molecule is Cc1cc(F)ccc1NS(=O)(=O)C1CCNC1. The number of hydrogen-bond donors (Lipinski definition) is 2. The van der Waals surface area contributed by atoms with Crippen LogP contribution >= 0.6 is 0 Å². The van der Waals surface area contributed by atoms with Gasteiger partial charge in [-0.15, -0.1) is 0 Å². The molecule has 1 aromatic carbocycles. The molecular formula is C11H15FN2O2S. The van der Waals surface area contributed by atoms with E-state index >= 15 is 0 Å². The third-order valence-corrected chi connectivity index (χ3v) is 4.68. The number of aryl methyl sites for hydroxylation is 1. The number of hydrogen-bond acceptors (Lipinski definition) is 3. The van der Waals surface area contributed by atoms with Gasteiger partial charge in [-0.1, -0.05) is 0 Å². The van der Waals surface area contributed by atoms with Crippen LogP contribution in [-0.2, 0) is 10.0 Å². The van der Waals surface area contributed by atoms with Crippen molar-refractivity contribution in [2.24, 2.45) is 0 Å². The number of benzene rings is 1. The topological polar surface area (TPSA) is 58.2 Å². The monoisotopic (exact) mass is 258 g/mol. The summed E-state index contributed by atoms with van der Waals surface area (Å²) < 4.78 is 39.4. The van der Waals surface area contributed by atoms with Crippen LogP contribution in [0.2, 0.25) is 0 Å². The van der Waals surface area contributed by atoms with Crippen molar-refractivity contribution in [3.05, 3.63) is 29.6 Å². The Kier molecular flexibility index (Phi) is 3.35. The van der Waals surface area contributed by atoms with E-state index in [9.17, 15) is 12.8 Å². The van der Waals surface area contributed by atoms with Crippen molar-refractivity contribution in [3.8, 4) is 0 Å². The largest absolute Gasteiger partial charge is 0.315 e. The molecule has 1 saturated heterocycles. The van der Waals surface area contributed by atoms with E-state index in [0.29, 0.717) is 30.8 Å². The molecule has 17 heavy (non-hydrogen) atoms. The minimum Gasteiger partial charge on any atom is -0.315 e. The summed E-state index contributed by atoms with van der Waals surface area (Å²) in [5.41, 5.74) is 1.03. The van der Waals surface area contributed by atoms with Crippen molar-refractivity contribution in [1.29, 1.82) is 0 Å². The molecule has 1 aliphatic heterocycles. The van der Waals surface area contributed by atoms with E-state index in [1.165, 1.54) is 18.2 Å². The highest BCUT2D eigenvalue weighted by Crippen LogP contribution is 2.20. The fourth-order valence-corrected chi connectivity index (χ4v) is 3.34. The van der Waals surface area contributed by atoms with Gasteiger partial charge < -0.3 is 5.32 Å². The van der Waals surface area contributed by atoms with Gasteiger partial charge in [0.05, 0.1) is 10.9 Å². The van der Waals surface area contributed by atoms with Gasteiger partial charge in [0.15, 0.2) is 0 Å². The molecule has 1 heterocycles. The van der Waals surface area contributed by atoms with Crippen LogP contribution < -0.4 is 10.0 Å². The van der Waals surface area contributed by atoms with E-state index in [0.717, 1.165) is 0 Å². The lowest BCUT2D eigenvalue weighted by molar-refractivity contribution is 0.588. The third kappa shape index (κ3) is 2.76. The van der Waals surface area contributed by atoms with Crippen molar-refractivity contribution in [1.82, 2.24) is 5.32 Å². The molecule has 0 radical (unpaired) electrons. The summed E-state index contributed by atoms with van der Waals surface area (Å²) in [6.07, 6.45) is 0.607. The molecule has 2 rings (SSSR count). The molecule has 1 aliphatic rings. The summed E-state index contributed by atoms with van der Waals surface area (Å²) in [5, 5.41) is 2.60. The Balaban J connectivity index is 2.19. The van der Waals surface area contributed by atoms with Crippen molar-refractivity contribution in [2.75, 3.05) is 17.8 Å². The first-order chi connectivity index (χ1) is 7.99. The summed E-state index contributed by atoms with van der Waals surface area (Å²) in [4.78, 5) is 0. The van der Waals surface area contributed by atoms with Crippen LogP contribution in [0.5, 0.6) is 0 Å². The number of halogens is 1. The molecule has 1 aromatic rings. The smallest absolute Gasteiger partial charge is 0.236 e. The van der Waals surface area contributed by atoms with Crippen LogP contribution in [0.15, 0.2) is 18.2 Å². The van der Waals surface area contributed by atoms with E-state index in [1.807, 2.05) is 0 Å². The Morgan fingerprint density at radius 2 is 2.24 bits per heavy atom. The Morgan fingerprint density at radius 1 is 1.47 bits per heavy atom. The molecule has 6 heteroatoms. The Bertz CT molecular complexity index is 510. The first kappa shape index (κ1) is 12.3. The van der Waals surface area contributed by atoms with Gasteiger partial charge in [0.25, 0.3) is 0 Å². The molecule has 0 bridgehead atoms. The molecular weight excluding hydrogens is 243 g/mol. The summed E-state index contributed by atoms with van der Waals surface area (Å²) >= 11 is 0. The average molecular weight is 258 g/mol. The standard InChI is InChI=1S/C11H15FN2O2S/c1-8-6-9(12)2-3-11(8)14-17(15,16)10-4-5-13-7-10/h2-3,6,10,13-14H,4-5,7H2,1H3. The lowest BCUT2D eigenvalue weighted by atomic mass is 10.2. The first-order valence-electron chi connectivity index (χ1n) is 5.47. The van der Waals surface area contributed by atoms with Gasteiger partial charge in [-0.25, -0.2) is 12.8 Å². The fraction of sp³-hybridized carbons (Fsp3) is 0.455. The molecule has 0 aromatic heterocycles. The van der Waals surface area contributed by atoms with Crippen LogP contribution in [0, 0.1) is 12.7 Å². The number of nitrogens with one attached hydrogen (secondary N) is 2. The van der Waals surface area contributed by atoms with Crippen molar-refractivity contribution >= 4 is 15.7 Å². The van der Waals surface area contributed by atoms with Crippen molar-refractivity contribution in [2.45, 2.75) is 18.6 Å². The van der Waals surface area contributed by atoms with Gasteiger partial charge >= 0.3 is 0 Å². The summed E-state index contributed by atoms with van der Waals surface area (Å²) in [7, 11) is -3.38. The van der Waals surface area contributed by atoms with Crippen molar-refractivity contribution < 1.29 is 12.8 Å². The highest BCUT2D eigenvalue weighted by molar-refractivity contribution is 7.93. The molecule has 0 amide bonds. The van der Waals surface area contributed by atoms with E-state index in [1.54, 1.807) is 6.92 Å². The molecule has 0 aliphatic carbocycles. The van der Waals surface area contributed by atoms with Crippen LogP contribution in [0.3, 0.4) is 0 Å². The predicted molar refractivity (Wildman–Crippen MR) is 65.0 cm³/mol. The Hall–Kier alpha value is -1.14. The molecule has 4 nitrogen and oxygen atoms in total. The maximum Gasteiger partial charge on any atom is 0.236 e. The van der Waals surface area contributed by atoms with Gasteiger partial charge in [-0.05, 0) is 43.7 Å². The van der Waals surface area contributed by atoms with Crippen LogP contribution in [-0.4, -0.2) is 26.8 Å². The maximum absolute atomic E-state index is 12.9. The molecule has 2 N–H and O–H groups in total. The van der Waals surface area contributed by atoms with Gasteiger partial charge in [-0.2, -0.15) is 0 Å². The van der Waals surface area contributed by atoms with Crippen LogP contribution in [0.25, 0.3) is 0 Å².